The minimum absolute atomic E-state index is 0.0691. The molecule has 2 rings (SSSR count). The maximum Gasteiger partial charge on any atom is 0.125 e. The number of hydrogen-bond donors (Lipinski definition) is 1. The molecule has 1 heterocycles. The van der Waals surface area contributed by atoms with Crippen LogP contribution in [0.2, 0.25) is 5.02 Å². The molecule has 0 fully saturated rings. The fourth-order valence-electron chi connectivity index (χ4n) is 1.93. The van der Waals surface area contributed by atoms with Gasteiger partial charge in [-0.05, 0) is 50.2 Å². The number of rotatable bonds is 3. The number of furan rings is 1. The Kier molecular flexibility index (Phi) is 3.55. The molecular weight excluding hydrogens is 234 g/mol. The highest BCUT2D eigenvalue weighted by Crippen LogP contribution is 2.26. The highest BCUT2D eigenvalue weighted by molar-refractivity contribution is 6.31. The van der Waals surface area contributed by atoms with E-state index in [0.29, 0.717) is 0 Å². The third-order valence-electron chi connectivity index (χ3n) is 2.85. The van der Waals surface area contributed by atoms with Gasteiger partial charge in [-0.2, -0.15) is 0 Å². The van der Waals surface area contributed by atoms with E-state index in [4.69, 9.17) is 16.0 Å². The van der Waals surface area contributed by atoms with E-state index >= 15 is 0 Å². The summed E-state index contributed by atoms with van der Waals surface area (Å²) in [5.74, 6) is 1.85. The first-order valence-electron chi connectivity index (χ1n) is 5.61. The van der Waals surface area contributed by atoms with Crippen LogP contribution in [0.4, 0.5) is 0 Å². The lowest BCUT2D eigenvalue weighted by atomic mass is 10.0. The Morgan fingerprint density at radius 1 is 1.18 bits per heavy atom. The van der Waals surface area contributed by atoms with E-state index in [9.17, 15) is 0 Å². The quantitative estimate of drug-likeness (QED) is 0.894. The molecular formula is C14H16ClNO. The van der Waals surface area contributed by atoms with Crippen molar-refractivity contribution in [2.75, 3.05) is 7.05 Å². The summed E-state index contributed by atoms with van der Waals surface area (Å²) in [4.78, 5) is 0. The van der Waals surface area contributed by atoms with Gasteiger partial charge in [-0.25, -0.2) is 0 Å². The smallest absolute Gasteiger partial charge is 0.125 e. The number of benzene rings is 1. The topological polar surface area (TPSA) is 25.2 Å². The molecule has 3 heteroatoms. The van der Waals surface area contributed by atoms with Crippen LogP contribution in [-0.4, -0.2) is 7.05 Å². The van der Waals surface area contributed by atoms with Crippen LogP contribution in [0.25, 0.3) is 0 Å². The van der Waals surface area contributed by atoms with E-state index in [0.717, 1.165) is 27.7 Å². The Morgan fingerprint density at radius 3 is 2.47 bits per heavy atom. The zero-order valence-corrected chi connectivity index (χ0v) is 11.0. The van der Waals surface area contributed by atoms with Crippen molar-refractivity contribution < 1.29 is 4.42 Å². The number of nitrogens with one attached hydrogen (secondary N) is 1. The standard InChI is InChI=1S/C14H16ClNO/c1-9-8-11(5-6-12(9)15)14(16-3)13-7-4-10(2)17-13/h4-8,14,16H,1-3H3. The van der Waals surface area contributed by atoms with E-state index in [-0.39, 0.29) is 6.04 Å². The van der Waals surface area contributed by atoms with E-state index in [1.54, 1.807) is 0 Å². The molecule has 0 bridgehead atoms. The second-order valence-corrected chi connectivity index (χ2v) is 4.59. The summed E-state index contributed by atoms with van der Waals surface area (Å²) in [6.45, 7) is 3.95. The summed E-state index contributed by atoms with van der Waals surface area (Å²) in [6, 6.07) is 10.1. The molecule has 0 aliphatic rings. The zero-order valence-electron chi connectivity index (χ0n) is 10.3. The van der Waals surface area contributed by atoms with Crippen LogP contribution < -0.4 is 5.32 Å². The normalized spacial score (nSPS) is 12.7. The first-order valence-corrected chi connectivity index (χ1v) is 5.99. The van der Waals surface area contributed by atoms with Crippen molar-refractivity contribution in [2.24, 2.45) is 0 Å². The van der Waals surface area contributed by atoms with Crippen molar-refractivity contribution in [3.8, 4) is 0 Å². The molecule has 1 unspecified atom stereocenters. The first-order chi connectivity index (χ1) is 8.11. The maximum atomic E-state index is 6.03. The summed E-state index contributed by atoms with van der Waals surface area (Å²) in [5.41, 5.74) is 2.23. The molecule has 1 aromatic heterocycles. The third kappa shape index (κ3) is 2.54. The Labute approximate surface area is 107 Å². The lowest BCUT2D eigenvalue weighted by Crippen LogP contribution is -2.17. The van der Waals surface area contributed by atoms with E-state index in [1.807, 2.05) is 45.2 Å². The predicted octanol–water partition coefficient (Wildman–Crippen LogP) is 3.86. The van der Waals surface area contributed by atoms with Gasteiger partial charge < -0.3 is 9.73 Å². The van der Waals surface area contributed by atoms with Crippen LogP contribution in [0.3, 0.4) is 0 Å². The van der Waals surface area contributed by atoms with Crippen molar-refractivity contribution in [3.63, 3.8) is 0 Å². The fourth-order valence-corrected chi connectivity index (χ4v) is 2.05. The molecule has 0 radical (unpaired) electrons. The first kappa shape index (κ1) is 12.2. The van der Waals surface area contributed by atoms with Gasteiger partial charge in [0.2, 0.25) is 0 Å². The lowest BCUT2D eigenvalue weighted by molar-refractivity contribution is 0.444. The molecule has 0 amide bonds. The molecule has 0 aliphatic heterocycles. The van der Waals surface area contributed by atoms with Gasteiger partial charge >= 0.3 is 0 Å². The van der Waals surface area contributed by atoms with Gasteiger partial charge in [-0.1, -0.05) is 23.7 Å². The van der Waals surface area contributed by atoms with E-state index < -0.39 is 0 Å². The monoisotopic (exact) mass is 249 g/mol. The zero-order chi connectivity index (χ0) is 12.4. The number of halogens is 1. The van der Waals surface area contributed by atoms with Crippen LogP contribution in [-0.2, 0) is 0 Å². The summed E-state index contributed by atoms with van der Waals surface area (Å²) < 4.78 is 5.67. The third-order valence-corrected chi connectivity index (χ3v) is 3.27. The molecule has 0 spiro atoms. The van der Waals surface area contributed by atoms with Crippen LogP contribution in [0, 0.1) is 13.8 Å². The number of hydrogen-bond acceptors (Lipinski definition) is 2. The van der Waals surface area contributed by atoms with Gasteiger partial charge in [-0.15, -0.1) is 0 Å². The van der Waals surface area contributed by atoms with E-state index in [2.05, 4.69) is 11.4 Å². The Bertz CT molecular complexity index is 519. The van der Waals surface area contributed by atoms with Gasteiger partial charge in [0.05, 0.1) is 6.04 Å². The van der Waals surface area contributed by atoms with Crippen LogP contribution >= 0.6 is 11.6 Å². The average Bonchev–Trinajstić information content (AvgIpc) is 2.71. The molecule has 1 N–H and O–H groups in total. The molecule has 90 valence electrons. The van der Waals surface area contributed by atoms with Crippen molar-refractivity contribution >= 4 is 11.6 Å². The van der Waals surface area contributed by atoms with Crippen molar-refractivity contribution in [1.82, 2.24) is 5.32 Å². The molecule has 17 heavy (non-hydrogen) atoms. The van der Waals surface area contributed by atoms with Gasteiger partial charge in [0.15, 0.2) is 0 Å². The van der Waals surface area contributed by atoms with Crippen molar-refractivity contribution in [1.29, 1.82) is 0 Å². The summed E-state index contributed by atoms with van der Waals surface area (Å²) in [5, 5.41) is 4.05. The summed E-state index contributed by atoms with van der Waals surface area (Å²) in [7, 11) is 1.92. The summed E-state index contributed by atoms with van der Waals surface area (Å²) in [6.07, 6.45) is 0. The predicted molar refractivity (Wildman–Crippen MR) is 70.5 cm³/mol. The maximum absolute atomic E-state index is 6.03. The molecule has 1 atom stereocenters. The van der Waals surface area contributed by atoms with Crippen LogP contribution in [0.1, 0.15) is 28.7 Å². The van der Waals surface area contributed by atoms with Gasteiger partial charge in [0.25, 0.3) is 0 Å². The molecule has 0 saturated carbocycles. The molecule has 2 nitrogen and oxygen atoms in total. The minimum Gasteiger partial charge on any atom is -0.464 e. The van der Waals surface area contributed by atoms with Crippen LogP contribution in [0.5, 0.6) is 0 Å². The fraction of sp³-hybridized carbons (Fsp3) is 0.286. The van der Waals surface area contributed by atoms with Crippen molar-refractivity contribution in [2.45, 2.75) is 19.9 Å². The Morgan fingerprint density at radius 2 is 1.94 bits per heavy atom. The Hall–Kier alpha value is -1.25. The highest BCUT2D eigenvalue weighted by Gasteiger charge is 2.15. The second-order valence-electron chi connectivity index (χ2n) is 4.18. The van der Waals surface area contributed by atoms with Gasteiger partial charge in [0.1, 0.15) is 11.5 Å². The van der Waals surface area contributed by atoms with E-state index in [1.165, 1.54) is 0 Å². The molecule has 0 aliphatic carbocycles. The second kappa shape index (κ2) is 4.94. The Balaban J connectivity index is 2.38. The largest absolute Gasteiger partial charge is 0.464 e. The van der Waals surface area contributed by atoms with Gasteiger partial charge in [-0.3, -0.25) is 0 Å². The SMILES string of the molecule is CNC(c1ccc(Cl)c(C)c1)c1ccc(C)o1. The van der Waals surface area contributed by atoms with Gasteiger partial charge in [0, 0.05) is 5.02 Å². The number of aryl methyl sites for hydroxylation is 2. The average molecular weight is 250 g/mol. The lowest BCUT2D eigenvalue weighted by Gasteiger charge is -2.15. The van der Waals surface area contributed by atoms with Crippen LogP contribution in [0.15, 0.2) is 34.7 Å². The molecule has 0 saturated heterocycles. The van der Waals surface area contributed by atoms with Crippen molar-refractivity contribution in [3.05, 3.63) is 58.0 Å². The molecule has 2 aromatic rings. The summed E-state index contributed by atoms with van der Waals surface area (Å²) >= 11 is 6.03. The minimum atomic E-state index is 0.0691. The highest BCUT2D eigenvalue weighted by atomic mass is 35.5. The molecule has 1 aromatic carbocycles.